The van der Waals surface area contributed by atoms with Gasteiger partial charge in [-0.2, -0.15) is 5.10 Å². The highest BCUT2D eigenvalue weighted by Crippen LogP contribution is 2.26. The van der Waals surface area contributed by atoms with Crippen LogP contribution in [0.3, 0.4) is 0 Å². The number of carbonyl (C=O) groups is 3. The number of nitrogens with zero attached hydrogens (tertiary/aromatic N) is 2. The first-order valence-corrected chi connectivity index (χ1v) is 8.68. The number of barbiturate groups is 1. The molecule has 28 heavy (non-hydrogen) atoms. The van der Waals surface area contributed by atoms with E-state index in [1.807, 2.05) is 30.3 Å². The molecular weight excluding hydrogens is 380 g/mol. The highest BCUT2D eigenvalue weighted by molar-refractivity contribution is 6.31. The first-order valence-electron chi connectivity index (χ1n) is 8.30. The predicted octanol–water partition coefficient (Wildman–Crippen LogP) is 2.94. The van der Waals surface area contributed by atoms with Gasteiger partial charge in [-0.25, -0.2) is 9.48 Å². The first kappa shape index (κ1) is 17.7. The average molecular weight is 393 g/mol. The predicted molar refractivity (Wildman–Crippen MR) is 104 cm³/mol. The Bertz CT molecular complexity index is 1100. The third kappa shape index (κ3) is 3.43. The molecule has 0 atom stereocenters. The molecule has 0 saturated carbocycles. The fourth-order valence-corrected chi connectivity index (χ4v) is 2.93. The van der Waals surface area contributed by atoms with E-state index in [0.29, 0.717) is 16.3 Å². The van der Waals surface area contributed by atoms with Crippen LogP contribution in [0, 0.1) is 0 Å². The molecule has 8 heteroatoms. The Kier molecular flexibility index (Phi) is 4.50. The Labute approximate surface area is 164 Å². The molecule has 0 bridgehead atoms. The maximum absolute atomic E-state index is 12.1. The molecule has 1 aromatic heterocycles. The maximum atomic E-state index is 12.1. The minimum absolute atomic E-state index is 0.174. The zero-order valence-corrected chi connectivity index (χ0v) is 15.1. The fraction of sp³-hybridized carbons (Fsp3) is 0. The lowest BCUT2D eigenvalue weighted by atomic mass is 10.0. The van der Waals surface area contributed by atoms with Gasteiger partial charge in [-0.15, -0.1) is 0 Å². The lowest BCUT2D eigenvalue weighted by molar-refractivity contribution is -0.123. The molecule has 1 fully saturated rings. The van der Waals surface area contributed by atoms with Crippen LogP contribution in [0.2, 0.25) is 5.02 Å². The van der Waals surface area contributed by atoms with Gasteiger partial charge in [0.2, 0.25) is 0 Å². The van der Waals surface area contributed by atoms with E-state index >= 15 is 0 Å². The van der Waals surface area contributed by atoms with Crippen molar-refractivity contribution in [2.45, 2.75) is 0 Å². The number of rotatable bonds is 3. The van der Waals surface area contributed by atoms with E-state index in [1.54, 1.807) is 35.1 Å². The molecule has 1 aliphatic heterocycles. The van der Waals surface area contributed by atoms with Gasteiger partial charge in [0.25, 0.3) is 11.8 Å². The van der Waals surface area contributed by atoms with Crippen molar-refractivity contribution in [3.8, 4) is 16.9 Å². The Balaban J connectivity index is 1.84. The van der Waals surface area contributed by atoms with Crippen LogP contribution in [-0.4, -0.2) is 27.6 Å². The van der Waals surface area contributed by atoms with Crippen molar-refractivity contribution in [1.29, 1.82) is 0 Å². The first-order chi connectivity index (χ1) is 13.5. The molecule has 0 radical (unpaired) electrons. The van der Waals surface area contributed by atoms with Gasteiger partial charge < -0.3 is 0 Å². The number of imide groups is 2. The van der Waals surface area contributed by atoms with E-state index in [1.165, 1.54) is 6.08 Å². The molecule has 2 N–H and O–H groups in total. The summed E-state index contributed by atoms with van der Waals surface area (Å²) in [6, 6.07) is 15.6. The van der Waals surface area contributed by atoms with Crippen molar-refractivity contribution < 1.29 is 14.4 Å². The molecule has 2 heterocycles. The summed E-state index contributed by atoms with van der Waals surface area (Å²) in [4.78, 5) is 35.4. The van der Waals surface area contributed by atoms with E-state index in [9.17, 15) is 14.4 Å². The molecule has 0 aliphatic carbocycles. The van der Waals surface area contributed by atoms with E-state index < -0.39 is 17.8 Å². The lowest BCUT2D eigenvalue weighted by Crippen LogP contribution is -2.51. The minimum atomic E-state index is -0.840. The van der Waals surface area contributed by atoms with E-state index in [2.05, 4.69) is 15.7 Å². The number of aromatic nitrogens is 2. The van der Waals surface area contributed by atoms with Crippen LogP contribution in [0.15, 0.2) is 66.4 Å². The summed E-state index contributed by atoms with van der Waals surface area (Å²) in [5.41, 5.74) is 2.54. The van der Waals surface area contributed by atoms with Crippen LogP contribution in [0.1, 0.15) is 5.56 Å². The summed E-state index contributed by atoms with van der Waals surface area (Å²) in [5.74, 6) is -1.51. The van der Waals surface area contributed by atoms with Crippen LogP contribution >= 0.6 is 11.6 Å². The standard InChI is InChI=1S/C20H13ClN4O3/c21-14-6-8-15(9-7-14)25-11-13(17(24-25)12-4-2-1-3-5-12)10-16-18(26)22-20(28)23-19(16)27/h1-11H,(H2,22,23,26,27,28). The number of carbonyl (C=O) groups excluding carboxylic acids is 3. The largest absolute Gasteiger partial charge is 0.328 e. The number of benzene rings is 2. The molecule has 4 rings (SSSR count). The molecule has 0 spiro atoms. The lowest BCUT2D eigenvalue weighted by Gasteiger charge is -2.13. The molecule has 1 saturated heterocycles. The Morgan fingerprint density at radius 1 is 0.893 bits per heavy atom. The minimum Gasteiger partial charge on any atom is -0.273 e. The van der Waals surface area contributed by atoms with Crippen molar-refractivity contribution in [3.05, 3.63) is 77.0 Å². The van der Waals surface area contributed by atoms with Gasteiger partial charge in [0.05, 0.1) is 11.4 Å². The number of hydrogen-bond donors (Lipinski definition) is 2. The van der Waals surface area contributed by atoms with E-state index in [-0.39, 0.29) is 5.57 Å². The third-order valence-electron chi connectivity index (χ3n) is 4.12. The van der Waals surface area contributed by atoms with Gasteiger partial charge >= 0.3 is 6.03 Å². The summed E-state index contributed by atoms with van der Waals surface area (Å²) in [6.45, 7) is 0. The SMILES string of the molecule is O=C1NC(=O)C(=Cc2cn(-c3ccc(Cl)cc3)nc2-c2ccccc2)C(=O)N1. The number of amides is 4. The summed E-state index contributed by atoms with van der Waals surface area (Å²) < 4.78 is 1.63. The van der Waals surface area contributed by atoms with Gasteiger partial charge in [0.1, 0.15) is 5.57 Å². The molecule has 2 aromatic carbocycles. The normalized spacial score (nSPS) is 13.9. The summed E-state index contributed by atoms with van der Waals surface area (Å²) >= 11 is 5.95. The van der Waals surface area contributed by atoms with Gasteiger partial charge in [-0.3, -0.25) is 20.2 Å². The third-order valence-corrected chi connectivity index (χ3v) is 4.38. The van der Waals surface area contributed by atoms with E-state index in [4.69, 9.17) is 11.6 Å². The van der Waals surface area contributed by atoms with Crippen LogP contribution < -0.4 is 10.6 Å². The summed E-state index contributed by atoms with van der Waals surface area (Å²) in [5, 5.41) is 9.34. The van der Waals surface area contributed by atoms with Crippen molar-refractivity contribution in [1.82, 2.24) is 20.4 Å². The van der Waals surface area contributed by atoms with E-state index in [0.717, 1.165) is 11.3 Å². The molecular formula is C20H13ClN4O3. The molecule has 3 aromatic rings. The highest BCUT2D eigenvalue weighted by atomic mass is 35.5. The van der Waals surface area contributed by atoms with Gasteiger partial charge in [-0.1, -0.05) is 41.9 Å². The summed E-state index contributed by atoms with van der Waals surface area (Å²) in [7, 11) is 0. The topological polar surface area (TPSA) is 93.1 Å². The fourth-order valence-electron chi connectivity index (χ4n) is 2.80. The van der Waals surface area contributed by atoms with Crippen LogP contribution in [-0.2, 0) is 9.59 Å². The summed E-state index contributed by atoms with van der Waals surface area (Å²) in [6.07, 6.45) is 3.12. The number of nitrogens with one attached hydrogen (secondary N) is 2. The Morgan fingerprint density at radius 2 is 1.54 bits per heavy atom. The van der Waals surface area contributed by atoms with Gasteiger partial charge in [0, 0.05) is 22.3 Å². The Morgan fingerprint density at radius 3 is 2.18 bits per heavy atom. The van der Waals surface area contributed by atoms with Crippen molar-refractivity contribution in [2.75, 3.05) is 0 Å². The zero-order valence-electron chi connectivity index (χ0n) is 14.3. The molecule has 7 nitrogen and oxygen atoms in total. The average Bonchev–Trinajstić information content (AvgIpc) is 3.10. The highest BCUT2D eigenvalue weighted by Gasteiger charge is 2.28. The molecule has 138 valence electrons. The smallest absolute Gasteiger partial charge is 0.273 e. The van der Waals surface area contributed by atoms with Crippen molar-refractivity contribution in [3.63, 3.8) is 0 Å². The second-order valence-electron chi connectivity index (χ2n) is 6.02. The molecule has 0 unspecified atom stereocenters. The molecule has 4 amide bonds. The van der Waals surface area contributed by atoms with Crippen molar-refractivity contribution in [2.24, 2.45) is 0 Å². The second-order valence-corrected chi connectivity index (χ2v) is 6.45. The number of halogens is 1. The zero-order chi connectivity index (χ0) is 19.7. The quantitative estimate of drug-likeness (QED) is 0.529. The monoisotopic (exact) mass is 392 g/mol. The number of urea groups is 1. The molecule has 1 aliphatic rings. The van der Waals surface area contributed by atoms with Crippen LogP contribution in [0.5, 0.6) is 0 Å². The Hall–Kier alpha value is -3.71. The van der Waals surface area contributed by atoms with Gasteiger partial charge in [-0.05, 0) is 30.3 Å². The van der Waals surface area contributed by atoms with Crippen molar-refractivity contribution >= 4 is 35.5 Å². The van der Waals surface area contributed by atoms with Crippen LogP contribution in [0.25, 0.3) is 23.0 Å². The van der Waals surface area contributed by atoms with Crippen LogP contribution in [0.4, 0.5) is 4.79 Å². The van der Waals surface area contributed by atoms with Gasteiger partial charge in [0.15, 0.2) is 0 Å². The maximum Gasteiger partial charge on any atom is 0.328 e. The number of hydrogen-bond acceptors (Lipinski definition) is 4. The second kappa shape index (κ2) is 7.13.